The van der Waals surface area contributed by atoms with Crippen LogP contribution in [0.3, 0.4) is 0 Å². The summed E-state index contributed by atoms with van der Waals surface area (Å²) in [5, 5.41) is 2.66. The van der Waals surface area contributed by atoms with Gasteiger partial charge in [0, 0.05) is 38.9 Å². The highest BCUT2D eigenvalue weighted by molar-refractivity contribution is 5.83. The van der Waals surface area contributed by atoms with E-state index in [2.05, 4.69) is 10.1 Å². The van der Waals surface area contributed by atoms with E-state index in [9.17, 15) is 19.2 Å². The van der Waals surface area contributed by atoms with Crippen LogP contribution < -0.4 is 5.32 Å². The first kappa shape index (κ1) is 19.1. The summed E-state index contributed by atoms with van der Waals surface area (Å²) in [6.45, 7) is 4.47. The molecule has 0 rings (SSSR count). The second-order valence-electron chi connectivity index (χ2n) is 4.60. The molecule has 0 aromatic rings. The number of likely N-dealkylation sites (N-methyl/N-ethyl adjacent to an activating group) is 1. The second kappa shape index (κ2) is 10.8. The lowest BCUT2D eigenvalue weighted by atomic mass is 10.2. The van der Waals surface area contributed by atoms with Gasteiger partial charge in [-0.15, -0.1) is 0 Å². The summed E-state index contributed by atoms with van der Waals surface area (Å²) >= 11 is 0. The number of carbonyl (C=O) groups is 4. The topological polar surface area (TPSA) is 92.8 Å². The molecule has 0 fully saturated rings. The van der Waals surface area contributed by atoms with Gasteiger partial charge in [-0.1, -0.05) is 0 Å². The van der Waals surface area contributed by atoms with Crippen LogP contribution in [0.4, 0.5) is 0 Å². The van der Waals surface area contributed by atoms with Crippen molar-refractivity contribution >= 4 is 23.6 Å². The average Bonchev–Trinajstić information content (AvgIpc) is 2.46. The summed E-state index contributed by atoms with van der Waals surface area (Å²) in [6.07, 6.45) is 0.536. The Morgan fingerprint density at radius 3 is 2.24 bits per heavy atom. The van der Waals surface area contributed by atoms with Gasteiger partial charge in [-0.2, -0.15) is 0 Å². The van der Waals surface area contributed by atoms with Gasteiger partial charge in [0.1, 0.15) is 5.78 Å². The third-order valence-corrected chi connectivity index (χ3v) is 2.91. The Hall–Kier alpha value is -1.92. The van der Waals surface area contributed by atoms with E-state index in [1.54, 1.807) is 4.90 Å². The molecule has 2 amide bonds. The lowest BCUT2D eigenvalue weighted by Crippen LogP contribution is -2.38. The predicted molar refractivity (Wildman–Crippen MR) is 76.4 cm³/mol. The molecule has 21 heavy (non-hydrogen) atoms. The maximum atomic E-state index is 11.8. The molecule has 1 N–H and O–H groups in total. The maximum Gasteiger partial charge on any atom is 0.306 e. The molecule has 0 saturated carbocycles. The first-order chi connectivity index (χ1) is 9.90. The summed E-state index contributed by atoms with van der Waals surface area (Å²) in [5.41, 5.74) is 0. The molecule has 7 nitrogen and oxygen atoms in total. The standard InChI is InChI=1S/C14H24N2O5/c1-4-16(13(19)7-8-14(20)21-3)10-9-15-12(18)6-5-11(2)17/h4-10H2,1-3H3,(H,15,18). The Kier molecular flexibility index (Phi) is 9.83. The van der Waals surface area contributed by atoms with E-state index in [4.69, 9.17) is 0 Å². The van der Waals surface area contributed by atoms with Gasteiger partial charge in [0.25, 0.3) is 0 Å². The van der Waals surface area contributed by atoms with E-state index in [1.165, 1.54) is 14.0 Å². The van der Waals surface area contributed by atoms with Crippen molar-refractivity contribution in [3.63, 3.8) is 0 Å². The van der Waals surface area contributed by atoms with Gasteiger partial charge in [-0.05, 0) is 13.8 Å². The van der Waals surface area contributed by atoms with E-state index in [-0.39, 0.29) is 43.3 Å². The zero-order chi connectivity index (χ0) is 16.3. The van der Waals surface area contributed by atoms with Crippen LogP contribution in [0.1, 0.15) is 39.5 Å². The average molecular weight is 300 g/mol. The molecule has 0 radical (unpaired) electrons. The number of nitrogens with zero attached hydrogens (tertiary/aromatic N) is 1. The number of ketones is 1. The number of Topliss-reactive ketones (excluding diaryl/α,β-unsaturated/α-hetero) is 1. The highest BCUT2D eigenvalue weighted by Crippen LogP contribution is 1.99. The minimum atomic E-state index is -0.420. The maximum absolute atomic E-state index is 11.8. The SMILES string of the molecule is CCN(CCNC(=O)CCC(C)=O)C(=O)CCC(=O)OC. The minimum Gasteiger partial charge on any atom is -0.469 e. The van der Waals surface area contributed by atoms with E-state index in [0.29, 0.717) is 19.6 Å². The zero-order valence-corrected chi connectivity index (χ0v) is 12.9. The Morgan fingerprint density at radius 1 is 1.05 bits per heavy atom. The summed E-state index contributed by atoms with van der Waals surface area (Å²) < 4.78 is 4.48. The number of nitrogens with one attached hydrogen (secondary N) is 1. The summed E-state index contributed by atoms with van der Waals surface area (Å²) in [6, 6.07) is 0. The van der Waals surface area contributed by atoms with Crippen molar-refractivity contribution < 1.29 is 23.9 Å². The number of ether oxygens (including phenoxy) is 1. The van der Waals surface area contributed by atoms with Crippen molar-refractivity contribution in [3.8, 4) is 0 Å². The molecule has 0 saturated heterocycles. The minimum absolute atomic E-state index is 0.0293. The molecule has 7 heteroatoms. The molecule has 0 heterocycles. The third-order valence-electron chi connectivity index (χ3n) is 2.91. The lowest BCUT2D eigenvalue weighted by molar-refractivity contribution is -0.143. The van der Waals surface area contributed by atoms with Gasteiger partial charge in [-0.3, -0.25) is 14.4 Å². The fourth-order valence-electron chi connectivity index (χ4n) is 1.64. The molecule has 0 aromatic carbocycles. The van der Waals surface area contributed by atoms with E-state index in [0.717, 1.165) is 0 Å². The lowest BCUT2D eigenvalue weighted by Gasteiger charge is -2.20. The zero-order valence-electron chi connectivity index (χ0n) is 12.9. The normalized spacial score (nSPS) is 9.86. The molecule has 0 bridgehead atoms. The first-order valence-corrected chi connectivity index (χ1v) is 7.01. The molecule has 0 atom stereocenters. The van der Waals surface area contributed by atoms with Gasteiger partial charge in [0.2, 0.25) is 11.8 Å². The summed E-state index contributed by atoms with van der Waals surface area (Å²) in [7, 11) is 1.28. The molecule has 0 aliphatic carbocycles. The van der Waals surface area contributed by atoms with Gasteiger partial charge >= 0.3 is 5.97 Å². The summed E-state index contributed by atoms with van der Waals surface area (Å²) in [4.78, 5) is 46.5. The molecular formula is C14H24N2O5. The molecule has 120 valence electrons. The van der Waals surface area contributed by atoms with Crippen molar-refractivity contribution in [2.45, 2.75) is 39.5 Å². The van der Waals surface area contributed by atoms with E-state index < -0.39 is 5.97 Å². The Balaban J connectivity index is 3.98. The predicted octanol–water partition coefficient (Wildman–Crippen LogP) is 0.274. The van der Waals surface area contributed by atoms with Gasteiger partial charge in [-0.25, -0.2) is 0 Å². The molecule has 0 aromatic heterocycles. The number of esters is 1. The van der Waals surface area contributed by atoms with E-state index >= 15 is 0 Å². The van der Waals surface area contributed by atoms with Crippen LogP contribution in [-0.4, -0.2) is 55.2 Å². The Labute approximate surface area is 125 Å². The number of methoxy groups -OCH3 is 1. The highest BCUT2D eigenvalue weighted by atomic mass is 16.5. The number of hydrogen-bond acceptors (Lipinski definition) is 5. The smallest absolute Gasteiger partial charge is 0.306 e. The van der Waals surface area contributed by atoms with Crippen molar-refractivity contribution in [1.29, 1.82) is 0 Å². The van der Waals surface area contributed by atoms with Gasteiger partial charge in [0.05, 0.1) is 13.5 Å². The fraction of sp³-hybridized carbons (Fsp3) is 0.714. The van der Waals surface area contributed by atoms with E-state index in [1.807, 2.05) is 6.92 Å². The van der Waals surface area contributed by atoms with Crippen molar-refractivity contribution in [3.05, 3.63) is 0 Å². The molecule has 0 unspecified atom stereocenters. The van der Waals surface area contributed by atoms with Crippen molar-refractivity contribution in [1.82, 2.24) is 10.2 Å². The van der Waals surface area contributed by atoms with Crippen LogP contribution in [0.5, 0.6) is 0 Å². The van der Waals surface area contributed by atoms with Gasteiger partial charge < -0.3 is 19.7 Å². The summed E-state index contributed by atoms with van der Waals surface area (Å²) in [5.74, 6) is -0.806. The van der Waals surface area contributed by atoms with Crippen molar-refractivity contribution in [2.24, 2.45) is 0 Å². The second-order valence-corrected chi connectivity index (χ2v) is 4.60. The number of amides is 2. The van der Waals surface area contributed by atoms with Crippen LogP contribution in [0, 0.1) is 0 Å². The molecule has 0 aliphatic heterocycles. The van der Waals surface area contributed by atoms with Crippen LogP contribution in [-0.2, 0) is 23.9 Å². The fourth-order valence-corrected chi connectivity index (χ4v) is 1.64. The molecule has 0 aliphatic rings. The first-order valence-electron chi connectivity index (χ1n) is 7.01. The third kappa shape index (κ3) is 9.59. The molecule has 0 spiro atoms. The quantitative estimate of drug-likeness (QED) is 0.585. The number of rotatable bonds is 10. The number of hydrogen-bond donors (Lipinski definition) is 1. The Morgan fingerprint density at radius 2 is 1.71 bits per heavy atom. The number of carbonyl (C=O) groups excluding carboxylic acids is 4. The Bertz CT molecular complexity index is 382. The van der Waals surface area contributed by atoms with Crippen LogP contribution in [0.15, 0.2) is 0 Å². The van der Waals surface area contributed by atoms with Crippen LogP contribution in [0.2, 0.25) is 0 Å². The van der Waals surface area contributed by atoms with Crippen LogP contribution >= 0.6 is 0 Å². The highest BCUT2D eigenvalue weighted by Gasteiger charge is 2.13. The van der Waals surface area contributed by atoms with Crippen molar-refractivity contribution in [2.75, 3.05) is 26.7 Å². The monoisotopic (exact) mass is 300 g/mol. The molecular weight excluding hydrogens is 276 g/mol. The van der Waals surface area contributed by atoms with Gasteiger partial charge in [0.15, 0.2) is 0 Å². The van der Waals surface area contributed by atoms with Crippen LogP contribution in [0.25, 0.3) is 0 Å². The largest absolute Gasteiger partial charge is 0.469 e.